The second-order valence-corrected chi connectivity index (χ2v) is 6.74. The van der Waals surface area contributed by atoms with Gasteiger partial charge in [0.15, 0.2) is 11.5 Å². The Bertz CT molecular complexity index is 1130. The predicted octanol–water partition coefficient (Wildman–Crippen LogP) is 2.80. The zero-order valence-electron chi connectivity index (χ0n) is 15.0. The van der Waals surface area contributed by atoms with Crippen molar-refractivity contribution in [2.45, 2.75) is 13.0 Å². The number of rotatable bonds is 4. The zero-order chi connectivity index (χ0) is 20.4. The first-order valence-electron chi connectivity index (χ1n) is 8.66. The molecule has 10 heteroatoms. The third-order valence-electron chi connectivity index (χ3n) is 4.58. The molecule has 4 rings (SSSR count). The molecule has 2 aromatic heterocycles. The molecule has 0 spiro atoms. The van der Waals surface area contributed by atoms with Gasteiger partial charge in [-0.25, -0.2) is 14.8 Å². The smallest absolute Gasteiger partial charge is 0.356 e. The minimum absolute atomic E-state index is 0.128. The molecule has 144 valence electrons. The molecule has 1 aliphatic heterocycles. The third-order valence-corrected chi connectivity index (χ3v) is 4.89. The zero-order valence-corrected chi connectivity index (χ0v) is 15.8. The van der Waals surface area contributed by atoms with Crippen LogP contribution in [0.1, 0.15) is 27.3 Å². The summed E-state index contributed by atoms with van der Waals surface area (Å²) in [4.78, 5) is 21.7. The van der Waals surface area contributed by atoms with Crippen LogP contribution in [0.4, 0.5) is 17.3 Å². The van der Waals surface area contributed by atoms with Crippen LogP contribution in [0.25, 0.3) is 0 Å². The van der Waals surface area contributed by atoms with Crippen LogP contribution < -0.4 is 10.2 Å². The summed E-state index contributed by atoms with van der Waals surface area (Å²) in [6, 6.07) is 10.3. The molecule has 0 atom stereocenters. The van der Waals surface area contributed by atoms with Crippen molar-refractivity contribution in [1.82, 2.24) is 20.2 Å². The second-order valence-electron chi connectivity index (χ2n) is 6.33. The number of hydrogen-bond donors (Lipinski definition) is 2. The molecule has 0 saturated heterocycles. The Balaban J connectivity index is 1.55. The molecular weight excluding hydrogens is 394 g/mol. The molecule has 1 aliphatic rings. The van der Waals surface area contributed by atoms with E-state index in [0.717, 1.165) is 23.5 Å². The number of nitrogens with one attached hydrogen (secondary N) is 1. The maximum absolute atomic E-state index is 10.9. The third kappa shape index (κ3) is 3.79. The summed E-state index contributed by atoms with van der Waals surface area (Å²) in [6.45, 7) is 1.29. The van der Waals surface area contributed by atoms with Crippen LogP contribution in [-0.2, 0) is 13.0 Å². The Morgan fingerprint density at radius 2 is 2.10 bits per heavy atom. The molecule has 0 fully saturated rings. The van der Waals surface area contributed by atoms with E-state index in [1.54, 1.807) is 18.2 Å². The van der Waals surface area contributed by atoms with Crippen LogP contribution in [0.2, 0.25) is 5.02 Å². The van der Waals surface area contributed by atoms with Crippen LogP contribution >= 0.6 is 11.6 Å². The Morgan fingerprint density at radius 1 is 1.24 bits per heavy atom. The van der Waals surface area contributed by atoms with E-state index in [4.69, 9.17) is 22.0 Å². The maximum Gasteiger partial charge on any atom is 0.356 e. The van der Waals surface area contributed by atoms with Gasteiger partial charge in [-0.2, -0.15) is 5.26 Å². The first-order valence-corrected chi connectivity index (χ1v) is 9.04. The number of hydrogen-bond acceptors (Lipinski definition) is 8. The minimum Gasteiger partial charge on any atom is -0.476 e. The summed E-state index contributed by atoms with van der Waals surface area (Å²) in [7, 11) is 0. The number of anilines is 3. The second kappa shape index (κ2) is 7.69. The van der Waals surface area contributed by atoms with E-state index >= 15 is 0 Å². The van der Waals surface area contributed by atoms with E-state index in [9.17, 15) is 4.79 Å². The van der Waals surface area contributed by atoms with Crippen LogP contribution in [0.15, 0.2) is 36.7 Å². The van der Waals surface area contributed by atoms with Gasteiger partial charge in [0.25, 0.3) is 0 Å². The lowest BCUT2D eigenvalue weighted by atomic mass is 10.0. The number of carbonyl (C=O) groups is 1. The molecule has 1 aromatic carbocycles. The quantitative estimate of drug-likeness (QED) is 0.670. The largest absolute Gasteiger partial charge is 0.476 e. The van der Waals surface area contributed by atoms with Crippen LogP contribution in [0.5, 0.6) is 0 Å². The Morgan fingerprint density at radius 3 is 2.79 bits per heavy atom. The van der Waals surface area contributed by atoms with Gasteiger partial charge in [-0.05, 0) is 36.8 Å². The minimum atomic E-state index is -1.13. The van der Waals surface area contributed by atoms with E-state index in [-0.39, 0.29) is 5.69 Å². The first-order chi connectivity index (χ1) is 14.0. The highest BCUT2D eigenvalue weighted by atomic mass is 35.5. The number of nitrogens with zero attached hydrogens (tertiary/aromatic N) is 6. The van der Waals surface area contributed by atoms with Gasteiger partial charge >= 0.3 is 5.97 Å². The highest BCUT2D eigenvalue weighted by molar-refractivity contribution is 6.32. The number of halogens is 1. The van der Waals surface area contributed by atoms with Crippen molar-refractivity contribution in [2.24, 2.45) is 0 Å². The van der Waals surface area contributed by atoms with Crippen molar-refractivity contribution in [3.63, 3.8) is 0 Å². The highest BCUT2D eigenvalue weighted by Gasteiger charge is 2.22. The molecule has 9 nitrogen and oxygen atoms in total. The molecule has 29 heavy (non-hydrogen) atoms. The van der Waals surface area contributed by atoms with E-state index in [2.05, 4.69) is 36.5 Å². The van der Waals surface area contributed by atoms with Gasteiger partial charge in [0.1, 0.15) is 18.2 Å². The maximum atomic E-state index is 10.9. The van der Waals surface area contributed by atoms with Crippen LogP contribution in [0, 0.1) is 11.3 Å². The van der Waals surface area contributed by atoms with Gasteiger partial charge < -0.3 is 15.3 Å². The molecule has 0 bridgehead atoms. The summed E-state index contributed by atoms with van der Waals surface area (Å²) in [5.41, 5.74) is 3.06. The summed E-state index contributed by atoms with van der Waals surface area (Å²) >= 11 is 6.16. The topological polar surface area (TPSA) is 128 Å². The van der Waals surface area contributed by atoms with E-state index in [1.165, 1.54) is 12.4 Å². The van der Waals surface area contributed by atoms with Gasteiger partial charge in [-0.1, -0.05) is 11.6 Å². The van der Waals surface area contributed by atoms with Crippen LogP contribution in [0.3, 0.4) is 0 Å². The number of fused-ring (bicyclic) bond motifs is 1. The molecule has 0 saturated carbocycles. The molecular formula is C19H14ClN7O2. The molecule has 0 unspecified atom stereocenters. The van der Waals surface area contributed by atoms with E-state index < -0.39 is 5.97 Å². The fourth-order valence-corrected chi connectivity index (χ4v) is 3.33. The van der Waals surface area contributed by atoms with Gasteiger partial charge in [-0.15, -0.1) is 10.2 Å². The molecule has 0 aliphatic carbocycles. The van der Waals surface area contributed by atoms with Crippen molar-refractivity contribution < 1.29 is 9.90 Å². The number of carboxylic acids is 1. The van der Waals surface area contributed by atoms with Crippen molar-refractivity contribution in [3.8, 4) is 6.07 Å². The lowest BCUT2D eigenvalue weighted by molar-refractivity contribution is 0.0689. The number of aromatic nitrogens is 4. The van der Waals surface area contributed by atoms with Crippen molar-refractivity contribution in [3.05, 3.63) is 64.2 Å². The summed E-state index contributed by atoms with van der Waals surface area (Å²) in [5, 5.41) is 29.0. The molecule has 3 aromatic rings. The number of carboxylic acid groups (broad SMARTS) is 1. The van der Waals surface area contributed by atoms with Crippen LogP contribution in [-0.4, -0.2) is 37.8 Å². The number of nitriles is 1. The van der Waals surface area contributed by atoms with Gasteiger partial charge in [-0.3, -0.25) is 0 Å². The first kappa shape index (κ1) is 18.6. The van der Waals surface area contributed by atoms with Crippen molar-refractivity contribution in [1.29, 1.82) is 5.26 Å². The Labute approximate surface area is 170 Å². The molecule has 0 radical (unpaired) electrons. The lowest BCUT2D eigenvalue weighted by Gasteiger charge is -2.30. The Kier molecular flexibility index (Phi) is 4.93. The molecule has 3 heterocycles. The van der Waals surface area contributed by atoms with Gasteiger partial charge in [0.2, 0.25) is 0 Å². The van der Waals surface area contributed by atoms with Gasteiger partial charge in [0, 0.05) is 17.8 Å². The normalized spacial score (nSPS) is 12.8. The fraction of sp³-hybridized carbons (Fsp3) is 0.158. The average molecular weight is 408 g/mol. The average Bonchev–Trinajstić information content (AvgIpc) is 2.74. The SMILES string of the molecule is N#Cc1ccc(N2CCc3c(ncnc3Nc3ccc(C(=O)O)nn3)C2)cc1Cl. The Hall–Kier alpha value is -3.77. The van der Waals surface area contributed by atoms with Gasteiger partial charge in [0.05, 0.1) is 22.8 Å². The lowest BCUT2D eigenvalue weighted by Crippen LogP contribution is -2.31. The monoisotopic (exact) mass is 407 g/mol. The summed E-state index contributed by atoms with van der Waals surface area (Å²) < 4.78 is 0. The molecule has 0 amide bonds. The predicted molar refractivity (Wildman–Crippen MR) is 105 cm³/mol. The standard InChI is InChI=1S/C19H14ClN7O2/c20-14-7-12(2-1-11(14)8-21)27-6-5-13-16(9-27)22-10-23-18(13)24-17-4-3-15(19(28)29)25-26-17/h1-4,7,10H,5-6,9H2,(H,28,29)(H,22,23,24,26). The number of aromatic carboxylic acids is 1. The van der Waals surface area contributed by atoms with E-state index in [1.807, 2.05) is 6.07 Å². The number of benzene rings is 1. The fourth-order valence-electron chi connectivity index (χ4n) is 3.11. The highest BCUT2D eigenvalue weighted by Crippen LogP contribution is 2.30. The summed E-state index contributed by atoms with van der Waals surface area (Å²) in [5.74, 6) is -0.117. The molecule has 2 N–H and O–H groups in total. The van der Waals surface area contributed by atoms with Crippen molar-refractivity contribution >= 4 is 34.9 Å². The summed E-state index contributed by atoms with van der Waals surface area (Å²) in [6.07, 6.45) is 2.16. The van der Waals surface area contributed by atoms with E-state index in [0.29, 0.717) is 35.2 Å². The van der Waals surface area contributed by atoms with Crippen molar-refractivity contribution in [2.75, 3.05) is 16.8 Å².